The van der Waals surface area contributed by atoms with Crippen LogP contribution < -0.4 is 5.32 Å². The highest BCUT2D eigenvalue weighted by Gasteiger charge is 2.34. The van der Waals surface area contributed by atoms with Gasteiger partial charge in [0.05, 0.1) is 25.6 Å². The highest BCUT2D eigenvalue weighted by Crippen LogP contribution is 2.17. The third kappa shape index (κ3) is 15.6. The number of aliphatic hydroxyl groups excluding tert-OH is 1. The van der Waals surface area contributed by atoms with Gasteiger partial charge in [-0.05, 0) is 20.3 Å². The molecule has 2 N–H and O–H groups in total. The molecule has 0 aliphatic heterocycles. The summed E-state index contributed by atoms with van der Waals surface area (Å²) in [6, 6.07) is 0. The van der Waals surface area contributed by atoms with E-state index in [-0.39, 0.29) is 19.4 Å². The SMILES string of the molecule is CCCCCCCCCCCC(=O)O[C@@H](C)[C@@H](OC(C)=O)[C@@H](C)C(=O)NC[C@H](O)CC(=O)OC. The van der Waals surface area contributed by atoms with E-state index in [1.165, 1.54) is 52.6 Å². The lowest BCUT2D eigenvalue weighted by atomic mass is 9.99. The zero-order valence-electron chi connectivity index (χ0n) is 21.6. The van der Waals surface area contributed by atoms with E-state index in [4.69, 9.17) is 9.47 Å². The van der Waals surface area contributed by atoms with Crippen LogP contribution >= 0.6 is 0 Å². The Morgan fingerprint density at radius 1 is 0.853 bits per heavy atom. The monoisotopic (exact) mass is 487 g/mol. The second kappa shape index (κ2) is 19.2. The molecule has 9 nitrogen and oxygen atoms in total. The van der Waals surface area contributed by atoms with E-state index in [0.29, 0.717) is 0 Å². The summed E-state index contributed by atoms with van der Waals surface area (Å²) in [7, 11) is 1.21. The minimum atomic E-state index is -1.11. The van der Waals surface area contributed by atoms with Crippen molar-refractivity contribution in [3.05, 3.63) is 0 Å². The van der Waals surface area contributed by atoms with Crippen molar-refractivity contribution in [1.82, 2.24) is 5.32 Å². The molecule has 0 radical (unpaired) electrons. The fourth-order valence-electron chi connectivity index (χ4n) is 3.59. The number of carbonyl (C=O) groups excluding carboxylic acids is 4. The Hall–Kier alpha value is -2.16. The van der Waals surface area contributed by atoms with Crippen LogP contribution in [0.15, 0.2) is 0 Å². The van der Waals surface area contributed by atoms with E-state index < -0.39 is 48.0 Å². The molecule has 0 rings (SSSR count). The van der Waals surface area contributed by atoms with Crippen LogP contribution in [0.5, 0.6) is 0 Å². The number of nitrogens with one attached hydrogen (secondary N) is 1. The molecule has 4 atom stereocenters. The number of methoxy groups -OCH3 is 1. The number of amides is 1. The second-order valence-electron chi connectivity index (χ2n) is 8.82. The van der Waals surface area contributed by atoms with Crippen molar-refractivity contribution < 1.29 is 38.5 Å². The smallest absolute Gasteiger partial charge is 0.308 e. The molecule has 0 aliphatic carbocycles. The molecule has 0 saturated heterocycles. The summed E-state index contributed by atoms with van der Waals surface area (Å²) in [6.45, 7) is 6.37. The molecule has 9 heteroatoms. The minimum absolute atomic E-state index is 0.169. The highest BCUT2D eigenvalue weighted by atomic mass is 16.6. The second-order valence-corrected chi connectivity index (χ2v) is 8.82. The van der Waals surface area contributed by atoms with E-state index in [1.54, 1.807) is 13.8 Å². The van der Waals surface area contributed by atoms with E-state index in [0.717, 1.165) is 19.3 Å². The van der Waals surface area contributed by atoms with Crippen molar-refractivity contribution in [2.24, 2.45) is 5.92 Å². The predicted molar refractivity (Wildman–Crippen MR) is 128 cm³/mol. The maximum atomic E-state index is 12.5. The van der Waals surface area contributed by atoms with Crippen LogP contribution in [0.1, 0.15) is 98.3 Å². The van der Waals surface area contributed by atoms with Gasteiger partial charge in [0.15, 0.2) is 0 Å². The van der Waals surface area contributed by atoms with E-state index in [9.17, 15) is 24.3 Å². The van der Waals surface area contributed by atoms with Gasteiger partial charge in [-0.15, -0.1) is 0 Å². The van der Waals surface area contributed by atoms with Crippen LogP contribution in [-0.4, -0.2) is 60.9 Å². The van der Waals surface area contributed by atoms with Gasteiger partial charge in [0.25, 0.3) is 0 Å². The molecule has 0 aromatic rings. The quantitative estimate of drug-likeness (QED) is 0.161. The van der Waals surface area contributed by atoms with Crippen LogP contribution in [0, 0.1) is 5.92 Å². The number of unbranched alkanes of at least 4 members (excludes halogenated alkanes) is 8. The van der Waals surface area contributed by atoms with Gasteiger partial charge < -0.3 is 24.6 Å². The Morgan fingerprint density at radius 3 is 1.94 bits per heavy atom. The first kappa shape index (κ1) is 31.8. The molecule has 0 unspecified atom stereocenters. The molecule has 0 aromatic carbocycles. The first-order valence-corrected chi connectivity index (χ1v) is 12.5. The van der Waals surface area contributed by atoms with Gasteiger partial charge >= 0.3 is 17.9 Å². The number of hydrogen-bond acceptors (Lipinski definition) is 8. The van der Waals surface area contributed by atoms with Crippen LogP contribution in [-0.2, 0) is 33.4 Å². The molecular formula is C25H45NO8. The number of carbonyl (C=O) groups is 4. The molecule has 0 spiro atoms. The third-order valence-electron chi connectivity index (χ3n) is 5.61. The van der Waals surface area contributed by atoms with Crippen LogP contribution in [0.3, 0.4) is 0 Å². The van der Waals surface area contributed by atoms with Gasteiger partial charge in [0.1, 0.15) is 12.2 Å². The molecule has 1 amide bonds. The summed E-state index contributed by atoms with van der Waals surface area (Å²) in [5, 5.41) is 12.3. The molecule has 0 saturated carbocycles. The lowest BCUT2D eigenvalue weighted by Gasteiger charge is -2.28. The Morgan fingerprint density at radius 2 is 1.41 bits per heavy atom. The maximum absolute atomic E-state index is 12.5. The zero-order chi connectivity index (χ0) is 25.9. The van der Waals surface area contributed by atoms with Crippen molar-refractivity contribution in [2.75, 3.05) is 13.7 Å². The summed E-state index contributed by atoms with van der Waals surface area (Å²) in [5.41, 5.74) is 0. The number of esters is 3. The van der Waals surface area contributed by atoms with Gasteiger partial charge in [0.2, 0.25) is 5.91 Å². The van der Waals surface area contributed by atoms with Crippen molar-refractivity contribution in [3.63, 3.8) is 0 Å². The fraction of sp³-hybridized carbons (Fsp3) is 0.840. The van der Waals surface area contributed by atoms with Crippen molar-refractivity contribution >= 4 is 23.8 Å². The van der Waals surface area contributed by atoms with Crippen LogP contribution in [0.4, 0.5) is 0 Å². The topological polar surface area (TPSA) is 128 Å². The average molecular weight is 488 g/mol. The Bertz CT molecular complexity index is 610. The standard InChI is InChI=1S/C25H45NO8/c1-6-7-8-9-10-11-12-13-14-15-22(29)33-19(3)24(34-20(4)27)18(2)25(31)26-17-21(28)16-23(30)32-5/h18-19,21,24,28H,6-17H2,1-5H3,(H,26,31)/t18-,19+,21-,24+/m1/s1. The number of rotatable bonds is 19. The minimum Gasteiger partial charge on any atom is -0.469 e. The summed E-state index contributed by atoms with van der Waals surface area (Å²) in [4.78, 5) is 47.5. The fourth-order valence-corrected chi connectivity index (χ4v) is 3.59. The van der Waals surface area contributed by atoms with E-state index in [2.05, 4.69) is 17.0 Å². The third-order valence-corrected chi connectivity index (χ3v) is 5.61. The summed E-state index contributed by atoms with van der Waals surface area (Å²) in [6.07, 6.45) is 7.34. The summed E-state index contributed by atoms with van der Waals surface area (Å²) in [5.74, 6) is -2.94. The summed E-state index contributed by atoms with van der Waals surface area (Å²) >= 11 is 0. The summed E-state index contributed by atoms with van der Waals surface area (Å²) < 4.78 is 15.2. The molecule has 34 heavy (non-hydrogen) atoms. The molecular weight excluding hydrogens is 442 g/mol. The van der Waals surface area contributed by atoms with Gasteiger partial charge in [-0.25, -0.2) is 0 Å². The Kier molecular flexibility index (Phi) is 18.0. The van der Waals surface area contributed by atoms with Gasteiger partial charge in [-0.2, -0.15) is 0 Å². The average Bonchev–Trinajstić information content (AvgIpc) is 2.79. The molecule has 0 fully saturated rings. The molecule has 0 aromatic heterocycles. The van der Waals surface area contributed by atoms with Crippen molar-refractivity contribution in [1.29, 1.82) is 0 Å². The lowest BCUT2D eigenvalue weighted by Crippen LogP contribution is -2.46. The number of aliphatic hydroxyl groups is 1. The first-order chi connectivity index (χ1) is 16.1. The maximum Gasteiger partial charge on any atom is 0.308 e. The number of ether oxygens (including phenoxy) is 3. The van der Waals surface area contributed by atoms with Crippen molar-refractivity contribution in [3.8, 4) is 0 Å². The van der Waals surface area contributed by atoms with Crippen LogP contribution in [0.25, 0.3) is 0 Å². The van der Waals surface area contributed by atoms with E-state index in [1.807, 2.05) is 0 Å². The number of hydrogen-bond donors (Lipinski definition) is 2. The molecule has 0 aliphatic rings. The first-order valence-electron chi connectivity index (χ1n) is 12.5. The van der Waals surface area contributed by atoms with E-state index >= 15 is 0 Å². The Balaban J connectivity index is 4.48. The van der Waals surface area contributed by atoms with Gasteiger partial charge in [0, 0.05) is 19.9 Å². The van der Waals surface area contributed by atoms with Gasteiger partial charge in [-0.1, -0.05) is 58.3 Å². The van der Waals surface area contributed by atoms with Crippen LogP contribution in [0.2, 0.25) is 0 Å². The van der Waals surface area contributed by atoms with Crippen molar-refractivity contribution in [2.45, 2.75) is 117 Å². The predicted octanol–water partition coefficient (Wildman–Crippen LogP) is 3.45. The highest BCUT2D eigenvalue weighted by molar-refractivity contribution is 5.80. The lowest BCUT2D eigenvalue weighted by molar-refractivity contribution is -0.171. The normalized spacial score (nSPS) is 14.4. The molecule has 0 bridgehead atoms. The molecule has 198 valence electrons. The Labute approximate surface area is 204 Å². The largest absolute Gasteiger partial charge is 0.469 e. The zero-order valence-corrected chi connectivity index (χ0v) is 21.6. The molecule has 0 heterocycles. The van der Waals surface area contributed by atoms with Gasteiger partial charge in [-0.3, -0.25) is 19.2 Å².